The van der Waals surface area contributed by atoms with E-state index in [9.17, 15) is 13.2 Å². The Bertz CT molecular complexity index is 353. The topological polar surface area (TPSA) is 70.3 Å². The molecule has 2 unspecified atom stereocenters. The molecule has 1 heterocycles. The molecular weight excluding hydrogens is 227 g/mol. The van der Waals surface area contributed by atoms with Gasteiger partial charge in [-0.15, -0.1) is 0 Å². The quantitative estimate of drug-likeness (QED) is 0.828. The Labute approximate surface area is 89.4 Å². The van der Waals surface area contributed by atoms with Gasteiger partial charge in [0.2, 0.25) is 11.7 Å². The van der Waals surface area contributed by atoms with Crippen molar-refractivity contribution in [3.8, 4) is 11.6 Å². The van der Waals surface area contributed by atoms with Gasteiger partial charge in [0.1, 0.15) is 6.67 Å². The van der Waals surface area contributed by atoms with Gasteiger partial charge in [0.15, 0.2) is 6.17 Å². The van der Waals surface area contributed by atoms with Crippen molar-refractivity contribution >= 4 is 5.95 Å². The van der Waals surface area contributed by atoms with Crippen LogP contribution in [0.2, 0.25) is 0 Å². The van der Waals surface area contributed by atoms with E-state index in [-0.39, 0.29) is 17.6 Å². The summed E-state index contributed by atoms with van der Waals surface area (Å²) in [7, 11) is 1.24. The normalized spacial score (nSPS) is 14.2. The van der Waals surface area contributed by atoms with Crippen molar-refractivity contribution in [2.75, 3.05) is 19.5 Å². The number of anilines is 1. The zero-order chi connectivity index (χ0) is 12.1. The zero-order valence-electron chi connectivity index (χ0n) is 8.36. The standard InChI is InChI=1S/C8H10F3N3O2/c1-15-7-5(3-13-8(12)14-7)16-6(11)4(10)2-9/h3-4,6H,2H2,1H3,(H2,12,13,14). The molecule has 0 spiro atoms. The van der Waals surface area contributed by atoms with E-state index in [2.05, 4.69) is 14.7 Å². The average Bonchev–Trinajstić information content (AvgIpc) is 2.30. The SMILES string of the molecule is COc1nc(N)ncc1OC(F)C(F)CF. The van der Waals surface area contributed by atoms with Crippen LogP contribution in [-0.2, 0) is 0 Å². The lowest BCUT2D eigenvalue weighted by Gasteiger charge is -2.14. The maximum Gasteiger partial charge on any atom is 0.272 e. The summed E-state index contributed by atoms with van der Waals surface area (Å²) in [5.74, 6) is -0.511. The summed E-state index contributed by atoms with van der Waals surface area (Å²) in [4.78, 5) is 7.07. The molecule has 0 fully saturated rings. The minimum Gasteiger partial charge on any atom is -0.478 e. The Morgan fingerprint density at radius 1 is 1.50 bits per heavy atom. The summed E-state index contributed by atoms with van der Waals surface area (Å²) in [6, 6.07) is 0. The summed E-state index contributed by atoms with van der Waals surface area (Å²) < 4.78 is 46.4. The van der Waals surface area contributed by atoms with Crippen LogP contribution in [0.3, 0.4) is 0 Å². The highest BCUT2D eigenvalue weighted by molar-refractivity contribution is 5.35. The highest BCUT2D eigenvalue weighted by Gasteiger charge is 2.24. The van der Waals surface area contributed by atoms with E-state index in [0.29, 0.717) is 0 Å². The fraction of sp³-hybridized carbons (Fsp3) is 0.500. The Balaban J connectivity index is 2.80. The first kappa shape index (κ1) is 12.3. The lowest BCUT2D eigenvalue weighted by Crippen LogP contribution is -2.25. The van der Waals surface area contributed by atoms with Crippen molar-refractivity contribution < 1.29 is 22.6 Å². The maximum atomic E-state index is 12.9. The summed E-state index contributed by atoms with van der Waals surface area (Å²) in [5, 5.41) is 0. The van der Waals surface area contributed by atoms with Crippen LogP contribution in [0, 0.1) is 0 Å². The lowest BCUT2D eigenvalue weighted by molar-refractivity contribution is -0.0168. The van der Waals surface area contributed by atoms with E-state index in [4.69, 9.17) is 10.5 Å². The second-order valence-corrected chi connectivity index (χ2v) is 2.74. The van der Waals surface area contributed by atoms with Crippen LogP contribution in [-0.4, -0.2) is 36.3 Å². The second kappa shape index (κ2) is 5.38. The molecule has 90 valence electrons. The van der Waals surface area contributed by atoms with Crippen molar-refractivity contribution in [1.29, 1.82) is 0 Å². The van der Waals surface area contributed by atoms with Gasteiger partial charge in [0.25, 0.3) is 12.2 Å². The van der Waals surface area contributed by atoms with Crippen LogP contribution < -0.4 is 15.2 Å². The van der Waals surface area contributed by atoms with Crippen LogP contribution in [0.5, 0.6) is 11.6 Å². The zero-order valence-corrected chi connectivity index (χ0v) is 8.36. The monoisotopic (exact) mass is 237 g/mol. The number of aromatic nitrogens is 2. The Morgan fingerprint density at radius 2 is 2.19 bits per heavy atom. The van der Waals surface area contributed by atoms with Crippen LogP contribution in [0.1, 0.15) is 0 Å². The number of nitrogens with zero attached hydrogens (tertiary/aromatic N) is 2. The average molecular weight is 237 g/mol. The minimum atomic E-state index is -2.45. The molecule has 16 heavy (non-hydrogen) atoms. The molecule has 1 aromatic rings. The molecular formula is C8H10F3N3O2. The minimum absolute atomic E-state index is 0.109. The Hall–Kier alpha value is -1.73. The summed E-state index contributed by atoms with van der Waals surface area (Å²) >= 11 is 0. The van der Waals surface area contributed by atoms with Gasteiger partial charge >= 0.3 is 0 Å². The Morgan fingerprint density at radius 3 is 2.75 bits per heavy atom. The molecule has 0 saturated carbocycles. The van der Waals surface area contributed by atoms with Gasteiger partial charge in [0.05, 0.1) is 13.3 Å². The summed E-state index contributed by atoms with van der Waals surface area (Å²) in [6.45, 7) is -1.49. The molecule has 2 atom stereocenters. The lowest BCUT2D eigenvalue weighted by atomic mass is 10.4. The molecule has 1 rings (SSSR count). The number of ether oxygens (including phenoxy) is 2. The first-order valence-electron chi connectivity index (χ1n) is 4.25. The molecule has 1 aromatic heterocycles. The number of hydrogen-bond acceptors (Lipinski definition) is 5. The smallest absolute Gasteiger partial charge is 0.272 e. The molecule has 0 aliphatic heterocycles. The first-order valence-corrected chi connectivity index (χ1v) is 4.25. The molecule has 0 aliphatic rings. The summed E-state index contributed by atoms with van der Waals surface area (Å²) in [5.41, 5.74) is 5.23. The fourth-order valence-corrected chi connectivity index (χ4v) is 0.860. The highest BCUT2D eigenvalue weighted by Crippen LogP contribution is 2.26. The molecule has 5 nitrogen and oxygen atoms in total. The van der Waals surface area contributed by atoms with Crippen molar-refractivity contribution in [3.05, 3.63) is 6.20 Å². The first-order chi connectivity index (χ1) is 7.58. The number of hydrogen-bond donors (Lipinski definition) is 1. The fourth-order valence-electron chi connectivity index (χ4n) is 0.860. The third-order valence-corrected chi connectivity index (χ3v) is 1.61. The van der Waals surface area contributed by atoms with E-state index in [1.807, 2.05) is 0 Å². The second-order valence-electron chi connectivity index (χ2n) is 2.74. The van der Waals surface area contributed by atoms with E-state index in [1.165, 1.54) is 7.11 Å². The van der Waals surface area contributed by atoms with Gasteiger partial charge in [-0.05, 0) is 0 Å². The van der Waals surface area contributed by atoms with Crippen LogP contribution in [0.4, 0.5) is 19.1 Å². The molecule has 0 aromatic carbocycles. The highest BCUT2D eigenvalue weighted by atomic mass is 19.2. The molecule has 8 heteroatoms. The molecule has 0 amide bonds. The van der Waals surface area contributed by atoms with Crippen LogP contribution in [0.25, 0.3) is 0 Å². The molecule has 0 bridgehead atoms. The predicted octanol–water partition coefficient (Wildman–Crippen LogP) is 1.05. The van der Waals surface area contributed by atoms with Gasteiger partial charge in [-0.25, -0.2) is 13.8 Å². The number of rotatable bonds is 5. The third-order valence-electron chi connectivity index (χ3n) is 1.61. The Kier molecular flexibility index (Phi) is 4.15. The molecule has 0 saturated heterocycles. The van der Waals surface area contributed by atoms with Crippen molar-refractivity contribution in [2.24, 2.45) is 0 Å². The third kappa shape index (κ3) is 2.88. The largest absolute Gasteiger partial charge is 0.478 e. The summed E-state index contributed by atoms with van der Waals surface area (Å²) in [6.07, 6.45) is -3.81. The maximum absolute atomic E-state index is 12.9. The van der Waals surface area contributed by atoms with E-state index >= 15 is 0 Å². The van der Waals surface area contributed by atoms with Gasteiger partial charge in [0, 0.05) is 0 Å². The number of nitrogens with two attached hydrogens (primary N) is 1. The molecule has 2 N–H and O–H groups in total. The molecule has 0 aliphatic carbocycles. The van der Waals surface area contributed by atoms with E-state index < -0.39 is 19.2 Å². The van der Waals surface area contributed by atoms with E-state index in [0.717, 1.165) is 6.20 Å². The van der Waals surface area contributed by atoms with Gasteiger partial charge < -0.3 is 15.2 Å². The number of methoxy groups -OCH3 is 1. The van der Waals surface area contributed by atoms with Crippen molar-refractivity contribution in [3.63, 3.8) is 0 Å². The van der Waals surface area contributed by atoms with Gasteiger partial charge in [-0.3, -0.25) is 0 Å². The van der Waals surface area contributed by atoms with Crippen molar-refractivity contribution in [1.82, 2.24) is 9.97 Å². The predicted molar refractivity (Wildman–Crippen MR) is 49.4 cm³/mol. The molecule has 0 radical (unpaired) electrons. The van der Waals surface area contributed by atoms with E-state index in [1.54, 1.807) is 0 Å². The van der Waals surface area contributed by atoms with Crippen molar-refractivity contribution in [2.45, 2.75) is 12.5 Å². The van der Waals surface area contributed by atoms with Gasteiger partial charge in [-0.2, -0.15) is 9.37 Å². The van der Waals surface area contributed by atoms with Gasteiger partial charge in [-0.1, -0.05) is 0 Å². The van der Waals surface area contributed by atoms with Crippen LogP contribution >= 0.6 is 0 Å². The number of halogens is 3. The number of nitrogen functional groups attached to an aromatic ring is 1. The van der Waals surface area contributed by atoms with Crippen LogP contribution in [0.15, 0.2) is 6.20 Å². The number of alkyl halides is 3.